The van der Waals surface area contributed by atoms with Crippen LogP contribution in [0.1, 0.15) is 0 Å². The lowest BCUT2D eigenvalue weighted by Crippen LogP contribution is -2.43. The van der Waals surface area contributed by atoms with Crippen LogP contribution in [0.3, 0.4) is 0 Å². The maximum absolute atomic E-state index is 3.53. The molecule has 0 aromatic heterocycles. The molecule has 0 radical (unpaired) electrons. The van der Waals surface area contributed by atoms with Crippen molar-refractivity contribution in [2.45, 2.75) is 0 Å². The predicted octanol–water partition coefficient (Wildman–Crippen LogP) is -1.61. The highest BCUT2D eigenvalue weighted by atomic mass is 15.2. The number of hydrogen-bond acceptors (Lipinski definition) is 5. The zero-order valence-electron chi connectivity index (χ0n) is 10.9. The molecule has 2 atom stereocenters. The first-order valence-electron chi connectivity index (χ1n) is 7.02. The van der Waals surface area contributed by atoms with E-state index < -0.39 is 0 Å². The van der Waals surface area contributed by atoms with Gasteiger partial charge in [-0.1, -0.05) is 0 Å². The Bertz CT molecular complexity index is 179. The van der Waals surface area contributed by atoms with Crippen LogP contribution < -0.4 is 16.0 Å². The van der Waals surface area contributed by atoms with E-state index in [4.69, 9.17) is 0 Å². The van der Waals surface area contributed by atoms with Crippen molar-refractivity contribution in [1.82, 2.24) is 25.8 Å². The SMILES string of the molecule is C1CNCCN2CCNCCN(CCN1)CC2. The molecule has 0 aromatic rings. The third-order valence-corrected chi connectivity index (χ3v) is 3.63. The summed E-state index contributed by atoms with van der Waals surface area (Å²) in [5.74, 6) is 0. The molecule has 0 spiro atoms. The minimum atomic E-state index is 1.09. The minimum Gasteiger partial charge on any atom is -0.314 e. The van der Waals surface area contributed by atoms with Gasteiger partial charge in [0.05, 0.1) is 0 Å². The third-order valence-electron chi connectivity index (χ3n) is 3.63. The number of nitrogens with one attached hydrogen (secondary N) is 3. The Balaban J connectivity index is 1.86. The second-order valence-corrected chi connectivity index (χ2v) is 4.93. The third kappa shape index (κ3) is 5.31. The molecule has 17 heavy (non-hydrogen) atoms. The molecule has 2 bridgehead atoms. The molecule has 2 fully saturated rings. The fourth-order valence-electron chi connectivity index (χ4n) is 2.45. The summed E-state index contributed by atoms with van der Waals surface area (Å²) in [5.41, 5.74) is 0. The highest BCUT2D eigenvalue weighted by Gasteiger charge is 2.11. The zero-order valence-corrected chi connectivity index (χ0v) is 10.9. The molecule has 0 aromatic carbocycles. The van der Waals surface area contributed by atoms with Crippen molar-refractivity contribution in [1.29, 1.82) is 0 Å². The number of hydrogen-bond donors (Lipinski definition) is 3. The van der Waals surface area contributed by atoms with Crippen molar-refractivity contribution in [2.24, 2.45) is 0 Å². The Hall–Kier alpha value is -0.200. The van der Waals surface area contributed by atoms with Gasteiger partial charge in [0.25, 0.3) is 0 Å². The van der Waals surface area contributed by atoms with E-state index in [1.165, 1.54) is 39.3 Å². The lowest BCUT2D eigenvalue weighted by atomic mass is 10.3. The second kappa shape index (κ2) is 8.00. The summed E-state index contributed by atoms with van der Waals surface area (Å²) in [6.07, 6.45) is 0. The Labute approximate surface area is 105 Å². The summed E-state index contributed by atoms with van der Waals surface area (Å²) < 4.78 is 0. The van der Waals surface area contributed by atoms with E-state index in [0.717, 1.165) is 39.3 Å². The van der Waals surface area contributed by atoms with Crippen LogP contribution in [0.25, 0.3) is 0 Å². The van der Waals surface area contributed by atoms with Crippen molar-refractivity contribution in [3.63, 3.8) is 0 Å². The molecule has 2 unspecified atom stereocenters. The normalized spacial score (nSPS) is 33.9. The fraction of sp³-hybridized carbons (Fsp3) is 1.00. The molecule has 2 aliphatic rings. The first-order chi connectivity index (χ1) is 8.45. The van der Waals surface area contributed by atoms with Gasteiger partial charge >= 0.3 is 0 Å². The molecule has 0 amide bonds. The summed E-state index contributed by atoms with van der Waals surface area (Å²) in [6, 6.07) is 0. The first-order valence-corrected chi connectivity index (χ1v) is 7.02. The quantitative estimate of drug-likeness (QED) is 0.476. The highest BCUT2D eigenvalue weighted by Crippen LogP contribution is 1.94. The van der Waals surface area contributed by atoms with Gasteiger partial charge in [-0.2, -0.15) is 0 Å². The monoisotopic (exact) mass is 241 g/mol. The molecular formula is C12H27N5. The first kappa shape index (κ1) is 13.2. The molecule has 0 aliphatic carbocycles. The average Bonchev–Trinajstić information content (AvgIpc) is 2.42. The maximum Gasteiger partial charge on any atom is 0.0110 e. The Morgan fingerprint density at radius 2 is 0.765 bits per heavy atom. The van der Waals surface area contributed by atoms with Gasteiger partial charge in [0.2, 0.25) is 0 Å². The smallest absolute Gasteiger partial charge is 0.0110 e. The van der Waals surface area contributed by atoms with Crippen molar-refractivity contribution >= 4 is 0 Å². The summed E-state index contributed by atoms with van der Waals surface area (Å²) >= 11 is 0. The van der Waals surface area contributed by atoms with Gasteiger partial charge in [-0.25, -0.2) is 0 Å². The van der Waals surface area contributed by atoms with Crippen LogP contribution in [0.2, 0.25) is 0 Å². The van der Waals surface area contributed by atoms with Crippen LogP contribution >= 0.6 is 0 Å². The average molecular weight is 241 g/mol. The van der Waals surface area contributed by atoms with E-state index >= 15 is 0 Å². The molecule has 5 heteroatoms. The molecule has 2 heterocycles. The van der Waals surface area contributed by atoms with Gasteiger partial charge in [-0.15, -0.1) is 0 Å². The Morgan fingerprint density at radius 1 is 0.412 bits per heavy atom. The molecule has 100 valence electrons. The zero-order chi connectivity index (χ0) is 11.8. The molecule has 2 saturated heterocycles. The van der Waals surface area contributed by atoms with E-state index in [9.17, 15) is 0 Å². The number of rotatable bonds is 0. The van der Waals surface area contributed by atoms with Gasteiger partial charge in [-0.05, 0) is 0 Å². The van der Waals surface area contributed by atoms with E-state index in [0.29, 0.717) is 0 Å². The van der Waals surface area contributed by atoms with E-state index in [-0.39, 0.29) is 0 Å². The van der Waals surface area contributed by atoms with E-state index in [1.807, 2.05) is 0 Å². The van der Waals surface area contributed by atoms with Gasteiger partial charge in [0.1, 0.15) is 0 Å². The van der Waals surface area contributed by atoms with Crippen LogP contribution in [0, 0.1) is 0 Å². The maximum atomic E-state index is 3.53. The van der Waals surface area contributed by atoms with E-state index in [2.05, 4.69) is 25.8 Å². The highest BCUT2D eigenvalue weighted by molar-refractivity contribution is 4.71. The summed E-state index contributed by atoms with van der Waals surface area (Å²) in [6.45, 7) is 13.8. The summed E-state index contributed by atoms with van der Waals surface area (Å²) in [4.78, 5) is 5.15. The lowest BCUT2D eigenvalue weighted by Gasteiger charge is -2.26. The van der Waals surface area contributed by atoms with Crippen molar-refractivity contribution < 1.29 is 0 Å². The van der Waals surface area contributed by atoms with Crippen LogP contribution in [0.5, 0.6) is 0 Å². The van der Waals surface area contributed by atoms with Crippen LogP contribution in [0.15, 0.2) is 0 Å². The van der Waals surface area contributed by atoms with Gasteiger partial charge in [-0.3, -0.25) is 9.80 Å². The van der Waals surface area contributed by atoms with Crippen molar-refractivity contribution in [3.8, 4) is 0 Å². The summed E-state index contributed by atoms with van der Waals surface area (Å²) in [7, 11) is 0. The molecule has 2 aliphatic heterocycles. The van der Waals surface area contributed by atoms with Crippen LogP contribution in [0.4, 0.5) is 0 Å². The molecular weight excluding hydrogens is 214 g/mol. The fourth-order valence-corrected chi connectivity index (χ4v) is 2.45. The Kier molecular flexibility index (Phi) is 6.23. The topological polar surface area (TPSA) is 42.6 Å². The number of fused-ring (bicyclic) bond motifs is 3. The van der Waals surface area contributed by atoms with Gasteiger partial charge < -0.3 is 16.0 Å². The summed E-state index contributed by atoms with van der Waals surface area (Å²) in [5, 5.41) is 10.5. The largest absolute Gasteiger partial charge is 0.314 e. The number of nitrogens with zero attached hydrogens (tertiary/aromatic N) is 2. The molecule has 5 nitrogen and oxygen atoms in total. The predicted molar refractivity (Wildman–Crippen MR) is 71.5 cm³/mol. The van der Waals surface area contributed by atoms with Crippen molar-refractivity contribution in [2.75, 3.05) is 78.5 Å². The van der Waals surface area contributed by atoms with Crippen molar-refractivity contribution in [3.05, 3.63) is 0 Å². The lowest BCUT2D eigenvalue weighted by molar-refractivity contribution is 0.216. The van der Waals surface area contributed by atoms with Gasteiger partial charge in [0, 0.05) is 78.5 Å². The second-order valence-electron chi connectivity index (χ2n) is 4.93. The van der Waals surface area contributed by atoms with Crippen LogP contribution in [-0.4, -0.2) is 88.3 Å². The molecule has 3 N–H and O–H groups in total. The van der Waals surface area contributed by atoms with Crippen LogP contribution in [-0.2, 0) is 0 Å². The van der Waals surface area contributed by atoms with E-state index in [1.54, 1.807) is 0 Å². The molecule has 0 saturated carbocycles. The Morgan fingerprint density at radius 3 is 1.18 bits per heavy atom. The van der Waals surface area contributed by atoms with Gasteiger partial charge in [0.15, 0.2) is 0 Å². The standard InChI is InChI=1S/C12H27N5/c1-2-14-4-8-17-10-6-15-5-9-16(11-12-17)7-3-13-1/h13-15H,1-12H2. The molecule has 2 rings (SSSR count). The minimum absolute atomic E-state index is 1.09.